The van der Waals surface area contributed by atoms with Crippen molar-refractivity contribution in [3.63, 3.8) is 0 Å². The second-order valence-electron chi connectivity index (χ2n) is 5.27. The smallest absolute Gasteiger partial charge is 0.305 e. The standard InChI is InChI=1S/C16H16F2N2O4/c1-9-15(24-10(2)19-9)16(23)20(6-5-14(21)22)8-11-3-4-12(17)13(18)7-11/h3-4,7H,5-6,8H2,1-2H3,(H,21,22). The molecule has 2 aromatic rings. The summed E-state index contributed by atoms with van der Waals surface area (Å²) in [6, 6.07) is 3.25. The number of benzene rings is 1. The fourth-order valence-corrected chi connectivity index (χ4v) is 2.21. The number of aromatic nitrogens is 1. The first kappa shape index (κ1) is 17.6. The summed E-state index contributed by atoms with van der Waals surface area (Å²) in [6.45, 7) is 2.99. The number of carbonyl (C=O) groups excluding carboxylic acids is 1. The average Bonchev–Trinajstić information content (AvgIpc) is 2.85. The fourth-order valence-electron chi connectivity index (χ4n) is 2.21. The lowest BCUT2D eigenvalue weighted by atomic mass is 10.2. The first-order chi connectivity index (χ1) is 11.3. The largest absolute Gasteiger partial charge is 0.481 e. The lowest BCUT2D eigenvalue weighted by Crippen LogP contribution is -2.33. The molecule has 0 atom stereocenters. The molecule has 1 heterocycles. The minimum atomic E-state index is -1.08. The molecule has 0 bridgehead atoms. The summed E-state index contributed by atoms with van der Waals surface area (Å²) in [6.07, 6.45) is -0.290. The van der Waals surface area contributed by atoms with Crippen molar-refractivity contribution in [2.75, 3.05) is 6.54 Å². The van der Waals surface area contributed by atoms with Gasteiger partial charge in [0.05, 0.1) is 12.1 Å². The van der Waals surface area contributed by atoms with Gasteiger partial charge in [0.1, 0.15) is 0 Å². The lowest BCUT2D eigenvalue weighted by molar-refractivity contribution is -0.137. The first-order valence-electron chi connectivity index (χ1n) is 7.17. The van der Waals surface area contributed by atoms with Gasteiger partial charge in [-0.05, 0) is 24.6 Å². The number of hydrogen-bond acceptors (Lipinski definition) is 4. The van der Waals surface area contributed by atoms with E-state index in [4.69, 9.17) is 9.52 Å². The lowest BCUT2D eigenvalue weighted by Gasteiger charge is -2.21. The molecule has 1 aromatic heterocycles. The van der Waals surface area contributed by atoms with Gasteiger partial charge in [-0.1, -0.05) is 6.07 Å². The normalized spacial score (nSPS) is 10.7. The van der Waals surface area contributed by atoms with Gasteiger partial charge in [-0.15, -0.1) is 0 Å². The molecule has 2 rings (SSSR count). The number of carboxylic acids is 1. The highest BCUT2D eigenvalue weighted by molar-refractivity contribution is 5.92. The van der Waals surface area contributed by atoms with Crippen molar-refractivity contribution in [1.29, 1.82) is 0 Å². The van der Waals surface area contributed by atoms with Crippen LogP contribution in [0.5, 0.6) is 0 Å². The molecule has 0 unspecified atom stereocenters. The van der Waals surface area contributed by atoms with Gasteiger partial charge < -0.3 is 14.4 Å². The predicted octanol–water partition coefficient (Wildman–Crippen LogP) is 2.69. The van der Waals surface area contributed by atoms with Crippen LogP contribution in [0.2, 0.25) is 0 Å². The minimum absolute atomic E-state index is 0.000437. The van der Waals surface area contributed by atoms with E-state index in [1.165, 1.54) is 11.0 Å². The molecular weight excluding hydrogens is 322 g/mol. The summed E-state index contributed by atoms with van der Waals surface area (Å²) in [5, 5.41) is 8.84. The van der Waals surface area contributed by atoms with E-state index >= 15 is 0 Å². The maximum absolute atomic E-state index is 13.3. The molecule has 0 aliphatic heterocycles. The summed E-state index contributed by atoms with van der Waals surface area (Å²) >= 11 is 0. The zero-order chi connectivity index (χ0) is 17.9. The van der Waals surface area contributed by atoms with Crippen LogP contribution in [-0.4, -0.2) is 33.4 Å². The van der Waals surface area contributed by atoms with Crippen molar-refractivity contribution in [2.24, 2.45) is 0 Å². The highest BCUT2D eigenvalue weighted by Gasteiger charge is 2.23. The van der Waals surface area contributed by atoms with Gasteiger partial charge in [-0.2, -0.15) is 0 Å². The number of aliphatic carboxylic acids is 1. The van der Waals surface area contributed by atoms with Crippen LogP contribution in [0, 0.1) is 25.5 Å². The van der Waals surface area contributed by atoms with Gasteiger partial charge in [0.25, 0.3) is 5.91 Å². The fraction of sp³-hybridized carbons (Fsp3) is 0.312. The third-order valence-electron chi connectivity index (χ3n) is 3.34. The van der Waals surface area contributed by atoms with Crippen LogP contribution in [0.3, 0.4) is 0 Å². The second-order valence-corrected chi connectivity index (χ2v) is 5.27. The van der Waals surface area contributed by atoms with Crippen LogP contribution >= 0.6 is 0 Å². The van der Waals surface area contributed by atoms with Crippen molar-refractivity contribution in [2.45, 2.75) is 26.8 Å². The van der Waals surface area contributed by atoms with Crippen LogP contribution < -0.4 is 0 Å². The van der Waals surface area contributed by atoms with E-state index < -0.39 is 23.5 Å². The number of carboxylic acid groups (broad SMARTS) is 1. The molecule has 0 aliphatic rings. The quantitative estimate of drug-likeness (QED) is 0.875. The van der Waals surface area contributed by atoms with Crippen LogP contribution in [0.1, 0.15) is 34.1 Å². The van der Waals surface area contributed by atoms with Gasteiger partial charge >= 0.3 is 5.97 Å². The number of hydrogen-bond donors (Lipinski definition) is 1. The number of amides is 1. The topological polar surface area (TPSA) is 83.6 Å². The molecule has 6 nitrogen and oxygen atoms in total. The van der Waals surface area contributed by atoms with E-state index in [1.807, 2.05) is 0 Å². The molecule has 0 saturated carbocycles. The first-order valence-corrected chi connectivity index (χ1v) is 7.17. The Bertz CT molecular complexity index is 773. The van der Waals surface area contributed by atoms with Crippen LogP contribution in [0.4, 0.5) is 8.78 Å². The number of halogens is 2. The summed E-state index contributed by atoms with van der Waals surface area (Å²) in [5.74, 6) is -3.36. The maximum Gasteiger partial charge on any atom is 0.305 e. The third-order valence-corrected chi connectivity index (χ3v) is 3.34. The van der Waals surface area contributed by atoms with Gasteiger partial charge in [-0.25, -0.2) is 13.8 Å². The summed E-state index contributed by atoms with van der Waals surface area (Å²) in [4.78, 5) is 28.6. The monoisotopic (exact) mass is 338 g/mol. The van der Waals surface area contributed by atoms with Gasteiger partial charge in [0, 0.05) is 20.0 Å². The molecule has 0 aliphatic carbocycles. The average molecular weight is 338 g/mol. The maximum atomic E-state index is 13.3. The highest BCUT2D eigenvalue weighted by Crippen LogP contribution is 2.17. The van der Waals surface area contributed by atoms with E-state index in [0.717, 1.165) is 12.1 Å². The third kappa shape index (κ3) is 4.15. The Balaban J connectivity index is 2.26. The van der Waals surface area contributed by atoms with Crippen molar-refractivity contribution in [3.8, 4) is 0 Å². The van der Waals surface area contributed by atoms with E-state index in [1.54, 1.807) is 13.8 Å². The molecule has 1 aromatic carbocycles. The molecular formula is C16H16F2N2O4. The Kier molecular flexibility index (Phi) is 5.28. The molecule has 128 valence electrons. The molecule has 0 radical (unpaired) electrons. The second kappa shape index (κ2) is 7.20. The molecule has 0 spiro atoms. The number of oxazole rings is 1. The van der Waals surface area contributed by atoms with Gasteiger partial charge in [0.2, 0.25) is 5.76 Å². The summed E-state index contributed by atoms with van der Waals surface area (Å²) < 4.78 is 31.6. The molecule has 0 saturated heterocycles. The van der Waals surface area contributed by atoms with Gasteiger partial charge in [0.15, 0.2) is 17.5 Å². The van der Waals surface area contributed by atoms with E-state index in [9.17, 15) is 18.4 Å². The van der Waals surface area contributed by atoms with Crippen molar-refractivity contribution < 1.29 is 27.9 Å². The van der Waals surface area contributed by atoms with Crippen molar-refractivity contribution in [3.05, 3.63) is 52.7 Å². The Morgan fingerprint density at radius 2 is 1.96 bits per heavy atom. The highest BCUT2D eigenvalue weighted by atomic mass is 19.2. The van der Waals surface area contributed by atoms with E-state index in [0.29, 0.717) is 17.1 Å². The number of rotatable bonds is 6. The van der Waals surface area contributed by atoms with Crippen LogP contribution in [0.15, 0.2) is 22.6 Å². The van der Waals surface area contributed by atoms with Crippen molar-refractivity contribution >= 4 is 11.9 Å². The predicted molar refractivity (Wildman–Crippen MR) is 79.3 cm³/mol. The Hall–Kier alpha value is -2.77. The molecule has 1 N–H and O–H groups in total. The SMILES string of the molecule is Cc1nc(C)c(C(=O)N(CCC(=O)O)Cc2ccc(F)c(F)c2)o1. The zero-order valence-electron chi connectivity index (χ0n) is 13.2. The number of aryl methyl sites for hydroxylation is 2. The Labute approximate surface area is 136 Å². The Morgan fingerprint density at radius 3 is 2.50 bits per heavy atom. The van der Waals surface area contributed by atoms with Crippen LogP contribution in [0.25, 0.3) is 0 Å². The van der Waals surface area contributed by atoms with Gasteiger partial charge in [-0.3, -0.25) is 9.59 Å². The van der Waals surface area contributed by atoms with E-state index in [-0.39, 0.29) is 25.3 Å². The Morgan fingerprint density at radius 1 is 1.25 bits per heavy atom. The molecule has 8 heteroatoms. The number of nitrogens with zero attached hydrogens (tertiary/aromatic N) is 2. The van der Waals surface area contributed by atoms with Crippen molar-refractivity contribution in [1.82, 2.24) is 9.88 Å². The minimum Gasteiger partial charge on any atom is -0.481 e. The van der Waals surface area contributed by atoms with E-state index in [2.05, 4.69) is 4.98 Å². The molecule has 24 heavy (non-hydrogen) atoms. The summed E-state index contributed by atoms with van der Waals surface area (Å²) in [5.41, 5.74) is 0.713. The molecule has 0 fully saturated rings. The summed E-state index contributed by atoms with van der Waals surface area (Å²) in [7, 11) is 0. The number of carbonyl (C=O) groups is 2. The molecule has 1 amide bonds. The zero-order valence-corrected chi connectivity index (χ0v) is 13.2. The van der Waals surface area contributed by atoms with Crippen LogP contribution in [-0.2, 0) is 11.3 Å².